The first-order valence-electron chi connectivity index (χ1n) is 13.7. The number of methoxy groups -OCH3 is 2. The second kappa shape index (κ2) is 14.5. The van der Waals surface area contributed by atoms with E-state index in [1.54, 1.807) is 50.4 Å². The van der Waals surface area contributed by atoms with Crippen molar-refractivity contribution in [3.05, 3.63) is 130 Å². The topological polar surface area (TPSA) is 96.9 Å². The molecule has 0 spiro atoms. The second-order valence-corrected chi connectivity index (χ2v) is 10.3. The van der Waals surface area contributed by atoms with E-state index >= 15 is 0 Å². The minimum Gasteiger partial charge on any atom is -0.497 e. The van der Waals surface area contributed by atoms with E-state index in [0.717, 1.165) is 23.8 Å². The number of benzene rings is 4. The Bertz CT molecular complexity index is 1570. The lowest BCUT2D eigenvalue weighted by atomic mass is 9.97. The third-order valence-electron chi connectivity index (χ3n) is 6.91. The van der Waals surface area contributed by atoms with Gasteiger partial charge < -0.3 is 25.2 Å². The highest BCUT2D eigenvalue weighted by atomic mass is 19.1. The van der Waals surface area contributed by atoms with Gasteiger partial charge in [-0.1, -0.05) is 24.3 Å². The van der Waals surface area contributed by atoms with Gasteiger partial charge in [-0.25, -0.2) is 8.78 Å². The fourth-order valence-electron chi connectivity index (χ4n) is 4.78. The quantitative estimate of drug-likeness (QED) is 0.190. The molecule has 43 heavy (non-hydrogen) atoms. The number of ketones is 1. The van der Waals surface area contributed by atoms with Crippen LogP contribution in [0.2, 0.25) is 0 Å². The highest BCUT2D eigenvalue weighted by Gasteiger charge is 2.24. The van der Waals surface area contributed by atoms with Crippen molar-refractivity contribution in [2.75, 3.05) is 20.8 Å². The van der Waals surface area contributed by atoms with Crippen LogP contribution in [0.4, 0.5) is 8.78 Å². The minimum absolute atomic E-state index is 0.0379. The summed E-state index contributed by atoms with van der Waals surface area (Å²) in [6.07, 6.45) is -1.16. The summed E-state index contributed by atoms with van der Waals surface area (Å²) in [5.41, 5.74) is 2.80. The molecular weight excluding hydrogens is 554 g/mol. The predicted octanol–water partition coefficient (Wildman–Crippen LogP) is 5.01. The van der Waals surface area contributed by atoms with Crippen LogP contribution in [-0.4, -0.2) is 49.7 Å². The molecule has 9 heteroatoms. The number of amides is 1. The maximum Gasteiger partial charge on any atom is 0.251 e. The lowest BCUT2D eigenvalue weighted by Crippen LogP contribution is -2.48. The van der Waals surface area contributed by atoms with Crippen LogP contribution in [0.1, 0.15) is 43.0 Å². The van der Waals surface area contributed by atoms with Crippen LogP contribution >= 0.6 is 0 Å². The van der Waals surface area contributed by atoms with E-state index in [9.17, 15) is 23.5 Å². The second-order valence-electron chi connectivity index (χ2n) is 10.3. The number of aliphatic hydroxyl groups excluding tert-OH is 1. The Kier molecular flexibility index (Phi) is 10.6. The molecular formula is C34H34F2N2O5. The summed E-state index contributed by atoms with van der Waals surface area (Å²) in [7, 11) is 3.08. The Morgan fingerprint density at radius 2 is 1.44 bits per heavy atom. The van der Waals surface area contributed by atoms with E-state index in [1.165, 1.54) is 13.2 Å². The summed E-state index contributed by atoms with van der Waals surface area (Å²) < 4.78 is 38.4. The first-order chi connectivity index (χ1) is 20.6. The van der Waals surface area contributed by atoms with Gasteiger partial charge in [0.2, 0.25) is 0 Å². The number of hydrogen-bond acceptors (Lipinski definition) is 6. The Hall–Kier alpha value is -4.60. The Morgan fingerprint density at radius 3 is 2.14 bits per heavy atom. The highest BCUT2D eigenvalue weighted by molar-refractivity contribution is 6.10. The molecule has 0 aliphatic rings. The van der Waals surface area contributed by atoms with Crippen LogP contribution in [-0.2, 0) is 13.0 Å². The molecule has 224 valence electrons. The van der Waals surface area contributed by atoms with Crippen molar-refractivity contribution in [3.8, 4) is 11.5 Å². The van der Waals surface area contributed by atoms with Gasteiger partial charge in [-0.3, -0.25) is 9.59 Å². The van der Waals surface area contributed by atoms with Gasteiger partial charge in [0.25, 0.3) is 5.91 Å². The smallest absolute Gasteiger partial charge is 0.251 e. The van der Waals surface area contributed by atoms with Crippen LogP contribution in [0.15, 0.2) is 84.9 Å². The highest BCUT2D eigenvalue weighted by Crippen LogP contribution is 2.20. The zero-order valence-electron chi connectivity index (χ0n) is 24.2. The van der Waals surface area contributed by atoms with Gasteiger partial charge in [0.15, 0.2) is 5.78 Å². The van der Waals surface area contributed by atoms with Crippen molar-refractivity contribution in [2.24, 2.45) is 0 Å². The van der Waals surface area contributed by atoms with Crippen LogP contribution in [0.5, 0.6) is 11.5 Å². The number of aliphatic hydroxyl groups is 1. The van der Waals surface area contributed by atoms with Gasteiger partial charge in [-0.05, 0) is 84.6 Å². The van der Waals surface area contributed by atoms with E-state index < -0.39 is 29.7 Å². The molecule has 0 saturated carbocycles. The summed E-state index contributed by atoms with van der Waals surface area (Å²) >= 11 is 0. The average molecular weight is 589 g/mol. The lowest BCUT2D eigenvalue weighted by molar-refractivity contribution is 0.0829. The SMILES string of the molecule is COc1cccc(CNC[C@@H](O)[C@H](Cc2cc(F)cc(F)c2)NC(=O)c2cc(C)cc(C(=O)c3cccc(OC)c3)c2)c1. The minimum atomic E-state index is -1.12. The standard InChI is InChI=1S/C34H34F2N2O5/c1-21-10-25(33(40)24-7-5-9-30(17-24)43-3)16-26(11-21)34(41)38-31(15-23-12-27(35)18-28(36)13-23)32(39)20-37-19-22-6-4-8-29(14-22)42-2/h4-14,16-18,31-32,37,39H,15,19-20H2,1-3H3,(H,38,41)/t31-,32+/m0/s1. The van der Waals surface area contributed by atoms with Gasteiger partial charge in [0.05, 0.1) is 26.4 Å². The Morgan fingerprint density at radius 1 is 0.791 bits per heavy atom. The molecule has 0 unspecified atom stereocenters. The molecule has 1 amide bonds. The summed E-state index contributed by atoms with van der Waals surface area (Å²) in [6.45, 7) is 2.26. The third kappa shape index (κ3) is 8.70. The van der Waals surface area contributed by atoms with Crippen LogP contribution in [0, 0.1) is 18.6 Å². The van der Waals surface area contributed by atoms with Gasteiger partial charge >= 0.3 is 0 Å². The van der Waals surface area contributed by atoms with Crippen LogP contribution in [0.25, 0.3) is 0 Å². The number of carbonyl (C=O) groups is 2. The van der Waals surface area contributed by atoms with Crippen LogP contribution < -0.4 is 20.1 Å². The van der Waals surface area contributed by atoms with E-state index in [-0.39, 0.29) is 29.9 Å². The number of carbonyl (C=O) groups excluding carboxylic acids is 2. The zero-order valence-corrected chi connectivity index (χ0v) is 24.2. The average Bonchev–Trinajstić information content (AvgIpc) is 2.99. The molecule has 0 heterocycles. The van der Waals surface area contributed by atoms with Gasteiger partial charge in [0, 0.05) is 35.8 Å². The largest absolute Gasteiger partial charge is 0.497 e. The zero-order chi connectivity index (χ0) is 30.9. The monoisotopic (exact) mass is 588 g/mol. The first kappa shape index (κ1) is 31.3. The van der Waals surface area contributed by atoms with Crippen LogP contribution in [0.3, 0.4) is 0 Å². The fourth-order valence-corrected chi connectivity index (χ4v) is 4.78. The fraction of sp³-hybridized carbons (Fsp3) is 0.235. The number of nitrogens with one attached hydrogen (secondary N) is 2. The van der Waals surface area contributed by atoms with E-state index in [1.807, 2.05) is 24.3 Å². The van der Waals surface area contributed by atoms with Gasteiger partial charge in [-0.2, -0.15) is 0 Å². The number of halogens is 2. The molecule has 0 fully saturated rings. The molecule has 3 N–H and O–H groups in total. The number of hydrogen-bond donors (Lipinski definition) is 3. The van der Waals surface area contributed by atoms with Gasteiger partial charge in [0.1, 0.15) is 23.1 Å². The molecule has 0 aromatic heterocycles. The maximum atomic E-state index is 14.0. The van der Waals surface area contributed by atoms with Crippen molar-refractivity contribution < 1.29 is 33.0 Å². The number of rotatable bonds is 13. The van der Waals surface area contributed by atoms with Crippen molar-refractivity contribution in [1.82, 2.24) is 10.6 Å². The van der Waals surface area contributed by atoms with Crippen molar-refractivity contribution in [1.29, 1.82) is 0 Å². The summed E-state index contributed by atoms with van der Waals surface area (Å²) in [5.74, 6) is -1.12. The van der Waals surface area contributed by atoms with Crippen molar-refractivity contribution in [2.45, 2.75) is 32.0 Å². The molecule has 2 atom stereocenters. The molecule has 4 aromatic carbocycles. The molecule has 0 radical (unpaired) electrons. The first-order valence-corrected chi connectivity index (χ1v) is 13.7. The van der Waals surface area contributed by atoms with Crippen molar-refractivity contribution >= 4 is 11.7 Å². The predicted molar refractivity (Wildman–Crippen MR) is 160 cm³/mol. The lowest BCUT2D eigenvalue weighted by Gasteiger charge is -2.25. The van der Waals surface area contributed by atoms with E-state index in [2.05, 4.69) is 10.6 Å². The third-order valence-corrected chi connectivity index (χ3v) is 6.91. The normalized spacial score (nSPS) is 12.3. The summed E-state index contributed by atoms with van der Waals surface area (Å²) in [4.78, 5) is 26.7. The molecule has 7 nitrogen and oxygen atoms in total. The van der Waals surface area contributed by atoms with Gasteiger partial charge in [-0.15, -0.1) is 0 Å². The summed E-state index contributed by atoms with van der Waals surface area (Å²) in [6, 6.07) is 21.1. The van der Waals surface area contributed by atoms with E-state index in [4.69, 9.17) is 9.47 Å². The Balaban J connectivity index is 1.53. The Labute approximate surface area is 249 Å². The number of ether oxygens (including phenoxy) is 2. The molecule has 0 saturated heterocycles. The van der Waals surface area contributed by atoms with Crippen molar-refractivity contribution in [3.63, 3.8) is 0 Å². The molecule has 4 rings (SSSR count). The molecule has 0 aliphatic heterocycles. The summed E-state index contributed by atoms with van der Waals surface area (Å²) in [5, 5.41) is 17.1. The maximum absolute atomic E-state index is 14.0. The number of aryl methyl sites for hydroxylation is 1. The molecule has 4 aromatic rings. The molecule has 0 bridgehead atoms. The molecule has 0 aliphatic carbocycles. The van der Waals surface area contributed by atoms with E-state index in [0.29, 0.717) is 34.7 Å².